The first-order chi connectivity index (χ1) is 9.22. The van der Waals surface area contributed by atoms with Crippen molar-refractivity contribution < 1.29 is 0 Å². The maximum absolute atomic E-state index is 6.02. The van der Waals surface area contributed by atoms with Crippen LogP contribution in [0.3, 0.4) is 0 Å². The second-order valence-electron chi connectivity index (χ2n) is 5.13. The van der Waals surface area contributed by atoms with Crippen LogP contribution in [-0.4, -0.2) is 16.4 Å². The second kappa shape index (κ2) is 5.32. The lowest BCUT2D eigenvalue weighted by Crippen LogP contribution is -2.31. The van der Waals surface area contributed by atoms with Crippen LogP contribution >= 0.6 is 11.6 Å². The van der Waals surface area contributed by atoms with Crippen LogP contribution in [-0.2, 0) is 19.5 Å². The van der Waals surface area contributed by atoms with Gasteiger partial charge >= 0.3 is 0 Å². The summed E-state index contributed by atoms with van der Waals surface area (Å²) in [5, 5.41) is 0.618. The highest BCUT2D eigenvalue weighted by Crippen LogP contribution is 2.24. The van der Waals surface area contributed by atoms with Crippen molar-refractivity contribution >= 4 is 11.6 Å². The SMILES string of the molecule is Cc1cc(Cl)nc2c1CN(Cc1ccccc1)CC2. The minimum absolute atomic E-state index is 0.618. The fourth-order valence-electron chi connectivity index (χ4n) is 2.69. The number of aryl methyl sites for hydroxylation is 1. The molecule has 2 nitrogen and oxygen atoms in total. The first kappa shape index (κ1) is 12.6. The minimum Gasteiger partial charge on any atom is -0.294 e. The first-order valence-corrected chi connectivity index (χ1v) is 7.01. The first-order valence-electron chi connectivity index (χ1n) is 6.63. The third-order valence-electron chi connectivity index (χ3n) is 3.70. The minimum atomic E-state index is 0.618. The van der Waals surface area contributed by atoms with Gasteiger partial charge in [0.05, 0.1) is 0 Å². The molecule has 19 heavy (non-hydrogen) atoms. The van der Waals surface area contributed by atoms with E-state index in [0.717, 1.165) is 26.1 Å². The van der Waals surface area contributed by atoms with E-state index in [9.17, 15) is 0 Å². The van der Waals surface area contributed by atoms with Gasteiger partial charge in [0, 0.05) is 31.7 Å². The smallest absolute Gasteiger partial charge is 0.129 e. The molecule has 0 spiro atoms. The summed E-state index contributed by atoms with van der Waals surface area (Å²) in [7, 11) is 0. The fraction of sp³-hybridized carbons (Fsp3) is 0.312. The number of nitrogens with zero attached hydrogens (tertiary/aromatic N) is 2. The number of rotatable bonds is 2. The molecular formula is C16H17ClN2. The van der Waals surface area contributed by atoms with E-state index in [1.165, 1.54) is 22.4 Å². The molecule has 3 rings (SSSR count). The number of hydrogen-bond acceptors (Lipinski definition) is 2. The van der Waals surface area contributed by atoms with Crippen molar-refractivity contribution in [2.45, 2.75) is 26.4 Å². The molecule has 98 valence electrons. The molecule has 0 saturated carbocycles. The summed E-state index contributed by atoms with van der Waals surface area (Å²) in [5.41, 5.74) is 5.15. The molecule has 1 aromatic heterocycles. The highest BCUT2D eigenvalue weighted by atomic mass is 35.5. The number of hydrogen-bond donors (Lipinski definition) is 0. The molecule has 0 unspecified atom stereocenters. The van der Waals surface area contributed by atoms with E-state index in [-0.39, 0.29) is 0 Å². The van der Waals surface area contributed by atoms with E-state index >= 15 is 0 Å². The van der Waals surface area contributed by atoms with Crippen molar-refractivity contribution in [3.63, 3.8) is 0 Å². The maximum Gasteiger partial charge on any atom is 0.129 e. The molecule has 3 heteroatoms. The van der Waals surface area contributed by atoms with Crippen LogP contribution < -0.4 is 0 Å². The molecule has 0 atom stereocenters. The summed E-state index contributed by atoms with van der Waals surface area (Å²) < 4.78 is 0. The summed E-state index contributed by atoms with van der Waals surface area (Å²) in [6.07, 6.45) is 0.990. The number of aromatic nitrogens is 1. The molecule has 1 aliphatic rings. The zero-order valence-corrected chi connectivity index (χ0v) is 11.8. The van der Waals surface area contributed by atoms with Crippen LogP contribution in [0.1, 0.15) is 22.4 Å². The molecule has 0 fully saturated rings. The zero-order valence-electron chi connectivity index (χ0n) is 11.1. The summed E-state index contributed by atoms with van der Waals surface area (Å²) in [5.74, 6) is 0. The van der Waals surface area contributed by atoms with Gasteiger partial charge in [0.2, 0.25) is 0 Å². The fourth-order valence-corrected chi connectivity index (χ4v) is 2.95. The van der Waals surface area contributed by atoms with Gasteiger partial charge in [0.25, 0.3) is 0 Å². The quantitative estimate of drug-likeness (QED) is 0.777. The van der Waals surface area contributed by atoms with E-state index in [4.69, 9.17) is 11.6 Å². The third kappa shape index (κ3) is 2.80. The number of fused-ring (bicyclic) bond motifs is 1. The Hall–Kier alpha value is -1.38. The molecule has 1 aliphatic heterocycles. The van der Waals surface area contributed by atoms with Gasteiger partial charge in [-0.05, 0) is 29.7 Å². The molecule has 1 aromatic carbocycles. The van der Waals surface area contributed by atoms with Crippen LogP contribution in [0.25, 0.3) is 0 Å². The lowest BCUT2D eigenvalue weighted by Gasteiger charge is -2.29. The molecule has 0 N–H and O–H groups in total. The summed E-state index contributed by atoms with van der Waals surface area (Å²) >= 11 is 6.02. The van der Waals surface area contributed by atoms with E-state index in [2.05, 4.69) is 47.1 Å². The molecule has 0 bridgehead atoms. The van der Waals surface area contributed by atoms with Crippen molar-refractivity contribution in [1.82, 2.24) is 9.88 Å². The maximum atomic E-state index is 6.02. The Morgan fingerprint density at radius 1 is 1.26 bits per heavy atom. The van der Waals surface area contributed by atoms with Gasteiger partial charge in [-0.15, -0.1) is 0 Å². The van der Waals surface area contributed by atoms with Crippen LogP contribution in [0.4, 0.5) is 0 Å². The number of halogens is 1. The second-order valence-corrected chi connectivity index (χ2v) is 5.52. The Labute approximate surface area is 119 Å². The Morgan fingerprint density at radius 2 is 2.05 bits per heavy atom. The predicted molar refractivity (Wildman–Crippen MR) is 78.2 cm³/mol. The highest BCUT2D eigenvalue weighted by molar-refractivity contribution is 6.29. The Balaban J connectivity index is 1.79. The Bertz CT molecular complexity index is 581. The van der Waals surface area contributed by atoms with Gasteiger partial charge < -0.3 is 0 Å². The standard InChI is InChI=1S/C16H17ClN2/c1-12-9-16(17)18-15-7-8-19(11-14(12)15)10-13-5-3-2-4-6-13/h2-6,9H,7-8,10-11H2,1H3. The van der Waals surface area contributed by atoms with Crippen molar-refractivity contribution in [2.24, 2.45) is 0 Å². The van der Waals surface area contributed by atoms with Crippen molar-refractivity contribution in [2.75, 3.05) is 6.54 Å². The van der Waals surface area contributed by atoms with Crippen molar-refractivity contribution in [3.05, 3.63) is 63.9 Å². The van der Waals surface area contributed by atoms with Crippen LogP contribution in [0, 0.1) is 6.92 Å². The van der Waals surface area contributed by atoms with Gasteiger partial charge in [0.15, 0.2) is 0 Å². The predicted octanol–water partition coefficient (Wildman–Crippen LogP) is 3.60. The molecule has 0 aliphatic carbocycles. The van der Waals surface area contributed by atoms with Crippen molar-refractivity contribution in [3.8, 4) is 0 Å². The topological polar surface area (TPSA) is 16.1 Å². The lowest BCUT2D eigenvalue weighted by molar-refractivity contribution is 0.243. The van der Waals surface area contributed by atoms with Crippen molar-refractivity contribution in [1.29, 1.82) is 0 Å². The molecule has 2 aromatic rings. The molecule has 2 heterocycles. The number of pyridine rings is 1. The normalized spacial score (nSPS) is 15.3. The molecule has 0 saturated heterocycles. The van der Waals surface area contributed by atoms with Gasteiger partial charge in [0.1, 0.15) is 5.15 Å². The summed E-state index contributed by atoms with van der Waals surface area (Å²) in [4.78, 5) is 6.93. The summed E-state index contributed by atoms with van der Waals surface area (Å²) in [6, 6.07) is 12.6. The molecule has 0 amide bonds. The van der Waals surface area contributed by atoms with E-state index < -0.39 is 0 Å². The monoisotopic (exact) mass is 272 g/mol. The Kier molecular flexibility index (Phi) is 3.54. The average Bonchev–Trinajstić information content (AvgIpc) is 2.40. The molecule has 0 radical (unpaired) electrons. The lowest BCUT2D eigenvalue weighted by atomic mass is 10.0. The van der Waals surface area contributed by atoms with Gasteiger partial charge in [-0.2, -0.15) is 0 Å². The van der Waals surface area contributed by atoms with E-state index in [1.807, 2.05) is 6.07 Å². The summed E-state index contributed by atoms with van der Waals surface area (Å²) in [6.45, 7) is 5.15. The van der Waals surface area contributed by atoms with Gasteiger partial charge in [-0.25, -0.2) is 4.98 Å². The zero-order chi connectivity index (χ0) is 13.2. The van der Waals surface area contributed by atoms with Gasteiger partial charge in [-0.1, -0.05) is 41.9 Å². The van der Waals surface area contributed by atoms with Gasteiger partial charge in [-0.3, -0.25) is 4.90 Å². The average molecular weight is 273 g/mol. The van der Waals surface area contributed by atoms with E-state index in [1.54, 1.807) is 0 Å². The Morgan fingerprint density at radius 3 is 2.84 bits per heavy atom. The third-order valence-corrected chi connectivity index (χ3v) is 3.89. The van der Waals surface area contributed by atoms with Crippen LogP contribution in [0.5, 0.6) is 0 Å². The number of benzene rings is 1. The highest BCUT2D eigenvalue weighted by Gasteiger charge is 2.19. The molecular weight excluding hydrogens is 256 g/mol. The largest absolute Gasteiger partial charge is 0.294 e. The van der Waals surface area contributed by atoms with Crippen LogP contribution in [0.2, 0.25) is 5.15 Å². The van der Waals surface area contributed by atoms with E-state index in [0.29, 0.717) is 5.15 Å². The van der Waals surface area contributed by atoms with Crippen LogP contribution in [0.15, 0.2) is 36.4 Å².